The van der Waals surface area contributed by atoms with Crippen molar-refractivity contribution in [3.05, 3.63) is 35.9 Å². The summed E-state index contributed by atoms with van der Waals surface area (Å²) < 4.78 is 25.3. The first-order valence-corrected chi connectivity index (χ1v) is 3.91. The van der Waals surface area contributed by atoms with E-state index in [2.05, 4.69) is 19.1 Å². The van der Waals surface area contributed by atoms with Crippen LogP contribution in [0.25, 0.3) is 0 Å². The van der Waals surface area contributed by atoms with Gasteiger partial charge in [0.2, 0.25) is 0 Å². The summed E-state index contributed by atoms with van der Waals surface area (Å²) in [5.74, 6) is 0. The summed E-state index contributed by atoms with van der Waals surface area (Å²) in [7, 11) is -3.11. The minimum atomic E-state index is -3.11. The van der Waals surface area contributed by atoms with Gasteiger partial charge in [-0.3, -0.25) is 0 Å². The van der Waals surface area contributed by atoms with Gasteiger partial charge in [-0.1, -0.05) is 35.9 Å². The summed E-state index contributed by atoms with van der Waals surface area (Å²) in [6.07, 6.45) is 0. The molecule has 3 nitrogen and oxygen atoms in total. The molecule has 0 aliphatic heterocycles. The van der Waals surface area contributed by atoms with Gasteiger partial charge in [-0.2, -0.15) is 0 Å². The standard InChI is InChI=1S/C7H8.O3S/c1-7-5-3-2-4-6-7;1-4(2)3/h2-6H,1H3;. The zero-order chi connectivity index (χ0) is 8.69. The Morgan fingerprint density at radius 2 is 1.36 bits per heavy atom. The fraction of sp³-hybridized carbons (Fsp3) is 0.143. The second-order valence-corrected chi connectivity index (χ2v) is 2.27. The molecule has 4 heteroatoms. The third kappa shape index (κ3) is 8.84. The van der Waals surface area contributed by atoms with E-state index in [0.29, 0.717) is 0 Å². The SMILES string of the molecule is Cc1ccccc1.O=S(=O)=O. The molecule has 0 aromatic heterocycles. The largest absolute Gasteiger partial charge is 0.425 e. The van der Waals surface area contributed by atoms with Crippen molar-refractivity contribution < 1.29 is 12.6 Å². The lowest BCUT2D eigenvalue weighted by atomic mass is 10.2. The van der Waals surface area contributed by atoms with Gasteiger partial charge >= 0.3 is 10.6 Å². The fourth-order valence-electron chi connectivity index (χ4n) is 0.534. The third-order valence-electron chi connectivity index (χ3n) is 0.940. The lowest BCUT2D eigenvalue weighted by molar-refractivity contribution is 0.559. The van der Waals surface area contributed by atoms with E-state index in [-0.39, 0.29) is 0 Å². The molecule has 1 rings (SSSR count). The van der Waals surface area contributed by atoms with Crippen molar-refractivity contribution in [2.45, 2.75) is 6.92 Å². The molecule has 0 aliphatic rings. The van der Waals surface area contributed by atoms with Crippen LogP contribution in [0.3, 0.4) is 0 Å². The summed E-state index contributed by atoms with van der Waals surface area (Å²) >= 11 is 0. The topological polar surface area (TPSA) is 51.2 Å². The maximum atomic E-state index is 8.44. The van der Waals surface area contributed by atoms with E-state index < -0.39 is 10.6 Å². The first kappa shape index (κ1) is 9.84. The summed E-state index contributed by atoms with van der Waals surface area (Å²) in [6, 6.07) is 10.3. The van der Waals surface area contributed by atoms with E-state index >= 15 is 0 Å². The Balaban J connectivity index is 0.000000218. The fourth-order valence-corrected chi connectivity index (χ4v) is 0.534. The quantitative estimate of drug-likeness (QED) is 0.586. The summed E-state index contributed by atoms with van der Waals surface area (Å²) in [5, 5.41) is 0. The molecule has 0 saturated heterocycles. The molecule has 60 valence electrons. The molecule has 0 spiro atoms. The molecule has 0 unspecified atom stereocenters. The van der Waals surface area contributed by atoms with Crippen LogP contribution in [0.1, 0.15) is 5.56 Å². The van der Waals surface area contributed by atoms with Crippen molar-refractivity contribution in [3.63, 3.8) is 0 Å². The average Bonchev–Trinajstić information content (AvgIpc) is 1.87. The highest BCUT2D eigenvalue weighted by Crippen LogP contribution is 1.92. The van der Waals surface area contributed by atoms with E-state index in [4.69, 9.17) is 12.6 Å². The van der Waals surface area contributed by atoms with E-state index in [0.717, 1.165) is 0 Å². The summed E-state index contributed by atoms with van der Waals surface area (Å²) in [6.45, 7) is 2.08. The second kappa shape index (κ2) is 5.61. The maximum Gasteiger partial charge on any atom is 0.425 e. The molecule has 1 aromatic rings. The van der Waals surface area contributed by atoms with E-state index in [1.54, 1.807) is 0 Å². The Labute approximate surface area is 66.7 Å². The monoisotopic (exact) mass is 172 g/mol. The lowest BCUT2D eigenvalue weighted by Gasteiger charge is -1.82. The molecule has 0 saturated carbocycles. The number of rotatable bonds is 0. The van der Waals surface area contributed by atoms with Crippen LogP contribution in [-0.2, 0) is 10.6 Å². The van der Waals surface area contributed by atoms with Crippen LogP contribution in [0.2, 0.25) is 0 Å². The third-order valence-corrected chi connectivity index (χ3v) is 0.940. The summed E-state index contributed by atoms with van der Waals surface area (Å²) in [4.78, 5) is 0. The van der Waals surface area contributed by atoms with Crippen molar-refractivity contribution in [1.29, 1.82) is 0 Å². The van der Waals surface area contributed by atoms with Crippen molar-refractivity contribution in [2.75, 3.05) is 0 Å². The van der Waals surface area contributed by atoms with Gasteiger partial charge < -0.3 is 0 Å². The summed E-state index contributed by atoms with van der Waals surface area (Å²) in [5.41, 5.74) is 1.32. The van der Waals surface area contributed by atoms with Gasteiger partial charge in [0.05, 0.1) is 0 Å². The molecule has 11 heavy (non-hydrogen) atoms. The van der Waals surface area contributed by atoms with Gasteiger partial charge in [0.15, 0.2) is 0 Å². The zero-order valence-corrected chi connectivity index (χ0v) is 6.84. The average molecular weight is 172 g/mol. The van der Waals surface area contributed by atoms with Crippen LogP contribution < -0.4 is 0 Å². The Bertz CT molecular complexity index is 280. The van der Waals surface area contributed by atoms with Crippen LogP contribution in [0.5, 0.6) is 0 Å². The van der Waals surface area contributed by atoms with E-state index in [9.17, 15) is 0 Å². The Hall–Kier alpha value is -1.16. The van der Waals surface area contributed by atoms with E-state index in [1.165, 1.54) is 5.56 Å². The van der Waals surface area contributed by atoms with Gasteiger partial charge in [0.1, 0.15) is 0 Å². The minimum absolute atomic E-state index is 1.32. The van der Waals surface area contributed by atoms with Gasteiger partial charge in [0, 0.05) is 0 Å². The number of benzene rings is 1. The number of aryl methyl sites for hydroxylation is 1. The van der Waals surface area contributed by atoms with Crippen LogP contribution in [0, 0.1) is 6.92 Å². The number of hydrogen-bond donors (Lipinski definition) is 0. The molecule has 0 amide bonds. The molecule has 0 heterocycles. The number of hydrogen-bond acceptors (Lipinski definition) is 3. The van der Waals surface area contributed by atoms with Crippen LogP contribution in [0.4, 0.5) is 0 Å². The normalized spacial score (nSPS) is 7.73. The second-order valence-electron chi connectivity index (χ2n) is 1.86. The molecule has 0 radical (unpaired) electrons. The Morgan fingerprint density at radius 1 is 1.00 bits per heavy atom. The molecule has 1 aromatic carbocycles. The van der Waals surface area contributed by atoms with Crippen molar-refractivity contribution in [2.24, 2.45) is 0 Å². The Morgan fingerprint density at radius 3 is 1.55 bits per heavy atom. The molecular formula is C7H8O3S. The van der Waals surface area contributed by atoms with E-state index in [1.807, 2.05) is 18.2 Å². The predicted octanol–water partition coefficient (Wildman–Crippen LogP) is 0.991. The van der Waals surface area contributed by atoms with Crippen molar-refractivity contribution in [3.8, 4) is 0 Å². The molecular weight excluding hydrogens is 164 g/mol. The van der Waals surface area contributed by atoms with Crippen LogP contribution in [0.15, 0.2) is 30.3 Å². The van der Waals surface area contributed by atoms with Crippen LogP contribution >= 0.6 is 0 Å². The predicted molar refractivity (Wildman–Crippen MR) is 40.9 cm³/mol. The molecule has 0 N–H and O–H groups in total. The molecule has 0 fully saturated rings. The maximum absolute atomic E-state index is 8.44. The minimum Gasteiger partial charge on any atom is -0.142 e. The highest BCUT2D eigenvalue weighted by Gasteiger charge is 1.72. The molecule has 0 atom stereocenters. The lowest BCUT2D eigenvalue weighted by Crippen LogP contribution is -1.62. The van der Waals surface area contributed by atoms with Crippen molar-refractivity contribution >= 4 is 10.6 Å². The highest BCUT2D eigenvalue weighted by molar-refractivity contribution is 7.59. The molecule has 0 bridgehead atoms. The first-order valence-electron chi connectivity index (χ1n) is 2.91. The van der Waals surface area contributed by atoms with Gasteiger partial charge in [-0.15, -0.1) is 12.6 Å². The van der Waals surface area contributed by atoms with Crippen molar-refractivity contribution in [1.82, 2.24) is 0 Å². The van der Waals surface area contributed by atoms with Gasteiger partial charge in [0.25, 0.3) is 0 Å². The highest BCUT2D eigenvalue weighted by atomic mass is 32.2. The van der Waals surface area contributed by atoms with Crippen LogP contribution in [-0.4, -0.2) is 12.6 Å². The van der Waals surface area contributed by atoms with Gasteiger partial charge in [-0.25, -0.2) is 0 Å². The Kier molecular flexibility index (Phi) is 5.02. The zero-order valence-electron chi connectivity index (χ0n) is 6.02. The smallest absolute Gasteiger partial charge is 0.142 e. The van der Waals surface area contributed by atoms with Gasteiger partial charge in [-0.05, 0) is 6.92 Å². The first-order chi connectivity index (χ1) is 5.13. The molecule has 0 aliphatic carbocycles.